The molecule has 7 heteroatoms. The van der Waals surface area contributed by atoms with Crippen LogP contribution >= 0.6 is 11.6 Å². The summed E-state index contributed by atoms with van der Waals surface area (Å²) in [6.07, 6.45) is 2.80. The van der Waals surface area contributed by atoms with Crippen molar-refractivity contribution in [1.82, 2.24) is 9.97 Å². The smallest absolute Gasteiger partial charge is 0.275 e. The van der Waals surface area contributed by atoms with Crippen LogP contribution in [0.2, 0.25) is 5.02 Å². The van der Waals surface area contributed by atoms with E-state index in [0.717, 1.165) is 11.1 Å². The summed E-state index contributed by atoms with van der Waals surface area (Å²) in [4.78, 5) is 20.8. The van der Waals surface area contributed by atoms with Crippen LogP contribution in [0.3, 0.4) is 0 Å². The average Bonchev–Trinajstić information content (AvgIpc) is 2.65. The molecule has 0 spiro atoms. The Labute approximate surface area is 161 Å². The zero-order valence-corrected chi connectivity index (χ0v) is 15.5. The fourth-order valence-corrected chi connectivity index (χ4v) is 2.96. The Hall–Kier alpha value is -3.43. The molecular weight excluding hydrogens is 362 g/mol. The molecule has 0 atom stereocenters. The van der Waals surface area contributed by atoms with Crippen molar-refractivity contribution in [3.05, 3.63) is 76.2 Å². The number of hydrogen-bond acceptors (Lipinski definition) is 5. The first-order chi connectivity index (χ1) is 13.0. The van der Waals surface area contributed by atoms with Gasteiger partial charge in [0.1, 0.15) is 17.6 Å². The van der Waals surface area contributed by atoms with E-state index in [1.807, 2.05) is 26.0 Å². The molecule has 1 heterocycles. The third-order valence-electron chi connectivity index (χ3n) is 3.87. The molecule has 1 aromatic heterocycles. The minimum atomic E-state index is -0.402. The van der Waals surface area contributed by atoms with Crippen molar-refractivity contribution in [2.24, 2.45) is 0 Å². The van der Waals surface area contributed by atoms with Gasteiger partial charge in [-0.3, -0.25) is 4.79 Å². The second-order valence-corrected chi connectivity index (χ2v) is 6.37. The Morgan fingerprint density at radius 3 is 2.59 bits per heavy atom. The summed E-state index contributed by atoms with van der Waals surface area (Å²) in [5.74, 6) is 0.0270. The van der Waals surface area contributed by atoms with Gasteiger partial charge in [-0.05, 0) is 43.2 Å². The van der Waals surface area contributed by atoms with E-state index in [2.05, 4.69) is 26.7 Å². The summed E-state index contributed by atoms with van der Waals surface area (Å²) < 4.78 is 0. The van der Waals surface area contributed by atoms with E-state index in [4.69, 9.17) is 16.9 Å². The molecule has 0 radical (unpaired) electrons. The summed E-state index contributed by atoms with van der Waals surface area (Å²) >= 11 is 6.22. The molecule has 0 aliphatic rings. The molecule has 134 valence electrons. The molecule has 3 rings (SSSR count). The third-order valence-corrected chi connectivity index (χ3v) is 4.16. The van der Waals surface area contributed by atoms with Gasteiger partial charge in [-0.2, -0.15) is 5.26 Å². The van der Waals surface area contributed by atoms with Crippen molar-refractivity contribution in [2.45, 2.75) is 13.8 Å². The number of amides is 1. The minimum absolute atomic E-state index is 0.158. The summed E-state index contributed by atoms with van der Waals surface area (Å²) in [5, 5.41) is 15.4. The number of carbonyl (C=O) groups excluding carboxylic acids is 1. The van der Waals surface area contributed by atoms with Gasteiger partial charge in [0, 0.05) is 0 Å². The lowest BCUT2D eigenvalue weighted by molar-refractivity contribution is 0.102. The molecule has 0 aliphatic heterocycles. The monoisotopic (exact) mass is 377 g/mol. The van der Waals surface area contributed by atoms with Crippen LogP contribution in [0.5, 0.6) is 0 Å². The van der Waals surface area contributed by atoms with E-state index < -0.39 is 5.91 Å². The number of carbonyl (C=O) groups is 1. The zero-order valence-electron chi connectivity index (χ0n) is 14.7. The van der Waals surface area contributed by atoms with E-state index in [0.29, 0.717) is 27.8 Å². The maximum atomic E-state index is 12.4. The average molecular weight is 378 g/mol. The largest absolute Gasteiger partial charge is 0.338 e. The molecule has 0 saturated heterocycles. The molecule has 27 heavy (non-hydrogen) atoms. The molecule has 1 amide bonds. The van der Waals surface area contributed by atoms with Gasteiger partial charge in [0.05, 0.1) is 34.4 Å². The van der Waals surface area contributed by atoms with Crippen molar-refractivity contribution in [3.63, 3.8) is 0 Å². The predicted octanol–water partition coefficient (Wildman–Crippen LogP) is 4.61. The zero-order chi connectivity index (χ0) is 19.4. The lowest BCUT2D eigenvalue weighted by atomic mass is 10.1. The molecule has 0 aliphatic carbocycles. The highest BCUT2D eigenvalue weighted by Gasteiger charge is 2.13. The van der Waals surface area contributed by atoms with E-state index in [-0.39, 0.29) is 5.69 Å². The molecule has 0 unspecified atom stereocenters. The number of nitrogens with zero attached hydrogens (tertiary/aromatic N) is 3. The van der Waals surface area contributed by atoms with E-state index in [9.17, 15) is 4.79 Å². The molecular formula is C20H16ClN5O. The number of para-hydroxylation sites is 1. The summed E-state index contributed by atoms with van der Waals surface area (Å²) in [5.41, 5.74) is 3.71. The van der Waals surface area contributed by atoms with Gasteiger partial charge < -0.3 is 10.6 Å². The topological polar surface area (TPSA) is 90.7 Å². The van der Waals surface area contributed by atoms with E-state index in [1.165, 1.54) is 12.4 Å². The maximum absolute atomic E-state index is 12.4. The number of hydrogen-bond donors (Lipinski definition) is 2. The number of rotatable bonds is 4. The molecule has 0 saturated carbocycles. The highest BCUT2D eigenvalue weighted by atomic mass is 35.5. The molecule has 2 aromatic carbocycles. The van der Waals surface area contributed by atoms with Gasteiger partial charge in [-0.25, -0.2) is 9.97 Å². The standard InChI is InChI=1S/C20H16ClN5O/c1-12-7-13(2)19(15(21)8-12)26-20(27)17-10-24-18(11-23-17)25-16-6-4-3-5-14(16)9-22/h3-8,10-11H,1-2H3,(H,24,25)(H,26,27). The number of aryl methyl sites for hydroxylation is 2. The minimum Gasteiger partial charge on any atom is -0.338 e. The van der Waals surface area contributed by atoms with Crippen molar-refractivity contribution >= 4 is 34.7 Å². The van der Waals surface area contributed by atoms with Gasteiger partial charge in [0.2, 0.25) is 0 Å². The van der Waals surface area contributed by atoms with Gasteiger partial charge in [0.25, 0.3) is 5.91 Å². The maximum Gasteiger partial charge on any atom is 0.275 e. The van der Waals surface area contributed by atoms with E-state index in [1.54, 1.807) is 24.3 Å². The van der Waals surface area contributed by atoms with Crippen molar-refractivity contribution < 1.29 is 4.79 Å². The number of nitrogens with one attached hydrogen (secondary N) is 2. The first-order valence-electron chi connectivity index (χ1n) is 8.14. The Kier molecular flexibility index (Phi) is 5.34. The van der Waals surface area contributed by atoms with E-state index >= 15 is 0 Å². The number of anilines is 3. The molecule has 0 fully saturated rings. The summed E-state index contributed by atoms with van der Waals surface area (Å²) in [6.45, 7) is 3.81. The normalized spacial score (nSPS) is 10.1. The van der Waals surface area contributed by atoms with Gasteiger partial charge in [0.15, 0.2) is 0 Å². The Bertz CT molecular complexity index is 1020. The Morgan fingerprint density at radius 2 is 1.93 bits per heavy atom. The second kappa shape index (κ2) is 7.85. The predicted molar refractivity (Wildman–Crippen MR) is 105 cm³/mol. The molecule has 2 N–H and O–H groups in total. The number of benzene rings is 2. The lowest BCUT2D eigenvalue weighted by Gasteiger charge is -2.11. The van der Waals surface area contributed by atoms with Crippen LogP contribution in [-0.4, -0.2) is 15.9 Å². The van der Waals surface area contributed by atoms with Crippen LogP contribution in [0.1, 0.15) is 27.2 Å². The fourth-order valence-electron chi connectivity index (χ4n) is 2.59. The number of nitriles is 1. The van der Waals surface area contributed by atoms with Crippen LogP contribution in [0.15, 0.2) is 48.8 Å². The van der Waals surface area contributed by atoms with Gasteiger partial charge >= 0.3 is 0 Å². The van der Waals surface area contributed by atoms with Crippen LogP contribution < -0.4 is 10.6 Å². The first-order valence-corrected chi connectivity index (χ1v) is 8.52. The summed E-state index contributed by atoms with van der Waals surface area (Å²) in [6, 6.07) is 12.9. The van der Waals surface area contributed by atoms with Gasteiger partial charge in [-0.15, -0.1) is 0 Å². The number of aromatic nitrogens is 2. The van der Waals surface area contributed by atoms with Crippen LogP contribution in [-0.2, 0) is 0 Å². The van der Waals surface area contributed by atoms with Crippen molar-refractivity contribution in [2.75, 3.05) is 10.6 Å². The third kappa shape index (κ3) is 4.22. The van der Waals surface area contributed by atoms with Crippen molar-refractivity contribution in [3.8, 4) is 6.07 Å². The van der Waals surface area contributed by atoms with Crippen LogP contribution in [0.25, 0.3) is 0 Å². The number of halogens is 1. The molecule has 0 bridgehead atoms. The highest BCUT2D eigenvalue weighted by Crippen LogP contribution is 2.27. The first kappa shape index (κ1) is 18.4. The Balaban J connectivity index is 1.76. The highest BCUT2D eigenvalue weighted by molar-refractivity contribution is 6.34. The summed E-state index contributed by atoms with van der Waals surface area (Å²) in [7, 11) is 0. The van der Waals surface area contributed by atoms with Crippen LogP contribution in [0.4, 0.5) is 17.2 Å². The molecule has 6 nitrogen and oxygen atoms in total. The second-order valence-electron chi connectivity index (χ2n) is 5.96. The van der Waals surface area contributed by atoms with Gasteiger partial charge in [-0.1, -0.05) is 29.8 Å². The lowest BCUT2D eigenvalue weighted by Crippen LogP contribution is -2.15. The fraction of sp³-hybridized carbons (Fsp3) is 0.100. The SMILES string of the molecule is Cc1cc(C)c(NC(=O)c2cnc(Nc3ccccc3C#N)cn2)c(Cl)c1. The quantitative estimate of drug-likeness (QED) is 0.692. The van der Waals surface area contributed by atoms with Crippen molar-refractivity contribution in [1.29, 1.82) is 5.26 Å². The Morgan fingerprint density at radius 1 is 1.15 bits per heavy atom. The molecule has 3 aromatic rings. The van der Waals surface area contributed by atoms with Crippen LogP contribution in [0, 0.1) is 25.2 Å².